The lowest BCUT2D eigenvalue weighted by molar-refractivity contribution is 0.0917. The van der Waals surface area contributed by atoms with Gasteiger partial charge in [-0.25, -0.2) is 0 Å². The summed E-state index contributed by atoms with van der Waals surface area (Å²) in [5.41, 5.74) is 6.26. The fourth-order valence-electron chi connectivity index (χ4n) is 1.05. The number of carbonyl (C=O) groups excluding carboxylic acids is 1. The number of nitrogens with zero attached hydrogens (tertiary/aromatic N) is 2. The molecule has 0 radical (unpaired) electrons. The van der Waals surface area contributed by atoms with Crippen LogP contribution in [-0.4, -0.2) is 21.6 Å². The van der Waals surface area contributed by atoms with Crippen LogP contribution in [0.15, 0.2) is 12.4 Å². The summed E-state index contributed by atoms with van der Waals surface area (Å²) < 4.78 is 1.61. The first-order valence-corrected chi connectivity index (χ1v) is 4.31. The van der Waals surface area contributed by atoms with E-state index in [2.05, 4.69) is 5.10 Å². The number of aryl methyl sites for hydroxylation is 1. The predicted molar refractivity (Wildman–Crippen MR) is 50.4 cm³/mol. The van der Waals surface area contributed by atoms with Crippen LogP contribution in [0.5, 0.6) is 0 Å². The maximum absolute atomic E-state index is 11.7. The minimum atomic E-state index is -0.149. The van der Waals surface area contributed by atoms with Crippen LogP contribution >= 0.6 is 0 Å². The zero-order valence-corrected chi connectivity index (χ0v) is 8.19. The lowest BCUT2D eigenvalue weighted by atomic mass is 9.96. The third-order valence-corrected chi connectivity index (χ3v) is 2.19. The number of nitrogens with two attached hydrogens (primary N) is 1. The molecular weight excluding hydrogens is 166 g/mol. The molecule has 0 bridgehead atoms. The van der Waals surface area contributed by atoms with Crippen molar-refractivity contribution in [3.63, 3.8) is 0 Å². The van der Waals surface area contributed by atoms with Crippen LogP contribution in [0.25, 0.3) is 0 Å². The summed E-state index contributed by atoms with van der Waals surface area (Å²) in [6.45, 7) is 3.67. The molecule has 1 aromatic heterocycles. The van der Waals surface area contributed by atoms with E-state index in [1.165, 1.54) is 0 Å². The van der Waals surface area contributed by atoms with Crippen LogP contribution < -0.4 is 5.73 Å². The van der Waals surface area contributed by atoms with Crippen LogP contribution in [0, 0.1) is 5.92 Å². The molecule has 0 aromatic carbocycles. The summed E-state index contributed by atoms with van der Waals surface area (Å²) in [4.78, 5) is 11.7. The van der Waals surface area contributed by atoms with E-state index in [1.54, 1.807) is 24.1 Å². The maximum atomic E-state index is 11.7. The van der Waals surface area contributed by atoms with Gasteiger partial charge in [-0.15, -0.1) is 0 Å². The van der Waals surface area contributed by atoms with Crippen LogP contribution in [0.2, 0.25) is 0 Å². The van der Waals surface area contributed by atoms with Crippen molar-refractivity contribution in [3.05, 3.63) is 18.0 Å². The fourth-order valence-corrected chi connectivity index (χ4v) is 1.05. The molecule has 0 spiro atoms. The minimum Gasteiger partial charge on any atom is -0.327 e. The second-order valence-electron chi connectivity index (χ2n) is 3.41. The van der Waals surface area contributed by atoms with Gasteiger partial charge in [0.15, 0.2) is 5.78 Å². The third kappa shape index (κ3) is 2.15. The molecule has 0 aliphatic rings. The van der Waals surface area contributed by atoms with Crippen LogP contribution in [0.4, 0.5) is 0 Å². The van der Waals surface area contributed by atoms with Crippen molar-refractivity contribution in [2.24, 2.45) is 18.7 Å². The first-order valence-electron chi connectivity index (χ1n) is 4.31. The van der Waals surface area contributed by atoms with Crippen LogP contribution in [-0.2, 0) is 7.05 Å². The molecule has 1 heterocycles. The molecule has 2 unspecified atom stereocenters. The first-order chi connectivity index (χ1) is 6.02. The second kappa shape index (κ2) is 3.70. The smallest absolute Gasteiger partial charge is 0.170 e. The fraction of sp³-hybridized carbons (Fsp3) is 0.556. The van der Waals surface area contributed by atoms with Gasteiger partial charge in [-0.2, -0.15) is 5.10 Å². The zero-order valence-electron chi connectivity index (χ0n) is 8.19. The molecule has 0 fully saturated rings. The Morgan fingerprint density at radius 1 is 1.62 bits per heavy atom. The molecule has 4 heteroatoms. The Kier molecular flexibility index (Phi) is 2.83. The van der Waals surface area contributed by atoms with Crippen molar-refractivity contribution < 1.29 is 4.79 Å². The summed E-state index contributed by atoms with van der Waals surface area (Å²) in [6, 6.07) is -0.118. The highest BCUT2D eigenvalue weighted by Gasteiger charge is 2.19. The number of aromatic nitrogens is 2. The summed E-state index contributed by atoms with van der Waals surface area (Å²) in [7, 11) is 1.79. The average molecular weight is 181 g/mol. The molecule has 2 atom stereocenters. The van der Waals surface area contributed by atoms with E-state index in [1.807, 2.05) is 13.8 Å². The van der Waals surface area contributed by atoms with Crippen LogP contribution in [0.1, 0.15) is 24.2 Å². The van der Waals surface area contributed by atoms with E-state index in [0.717, 1.165) is 0 Å². The molecule has 0 aliphatic carbocycles. The third-order valence-electron chi connectivity index (χ3n) is 2.19. The van der Waals surface area contributed by atoms with Gasteiger partial charge in [-0.05, 0) is 6.92 Å². The maximum Gasteiger partial charge on any atom is 0.170 e. The molecule has 0 amide bonds. The number of hydrogen-bond donors (Lipinski definition) is 1. The molecule has 13 heavy (non-hydrogen) atoms. The lowest BCUT2D eigenvalue weighted by Crippen LogP contribution is -2.30. The monoisotopic (exact) mass is 181 g/mol. The van der Waals surface area contributed by atoms with Gasteiger partial charge in [0.05, 0.1) is 11.8 Å². The minimum absolute atomic E-state index is 0.0584. The number of Topliss-reactive ketones (excluding diaryl/α,β-unsaturated/α-hetero) is 1. The van der Waals surface area contributed by atoms with Crippen molar-refractivity contribution in [2.75, 3.05) is 0 Å². The Morgan fingerprint density at radius 2 is 2.23 bits per heavy atom. The highest BCUT2D eigenvalue weighted by molar-refractivity contribution is 5.97. The highest BCUT2D eigenvalue weighted by Crippen LogP contribution is 2.09. The summed E-state index contributed by atoms with van der Waals surface area (Å²) in [5.74, 6) is -0.0905. The van der Waals surface area contributed by atoms with Crippen molar-refractivity contribution >= 4 is 5.78 Å². The normalized spacial score (nSPS) is 15.4. The van der Waals surface area contributed by atoms with Gasteiger partial charge in [-0.3, -0.25) is 9.48 Å². The SMILES string of the molecule is CC(N)C(C)C(=O)c1cnn(C)c1. The van der Waals surface area contributed by atoms with Gasteiger partial charge in [0.1, 0.15) is 0 Å². The summed E-state index contributed by atoms with van der Waals surface area (Å²) in [5, 5.41) is 3.93. The summed E-state index contributed by atoms with van der Waals surface area (Å²) in [6.07, 6.45) is 3.28. The molecular formula is C9H15N3O. The summed E-state index contributed by atoms with van der Waals surface area (Å²) >= 11 is 0. The van der Waals surface area contributed by atoms with Crippen molar-refractivity contribution in [1.82, 2.24) is 9.78 Å². The quantitative estimate of drug-likeness (QED) is 0.694. The Hall–Kier alpha value is -1.16. The van der Waals surface area contributed by atoms with Gasteiger partial charge in [0.2, 0.25) is 0 Å². The number of rotatable bonds is 3. The molecule has 0 saturated heterocycles. The lowest BCUT2D eigenvalue weighted by Gasteiger charge is -2.12. The standard InChI is InChI=1S/C9H15N3O/c1-6(7(2)10)9(13)8-4-11-12(3)5-8/h4-7H,10H2,1-3H3. The van der Waals surface area contributed by atoms with E-state index in [-0.39, 0.29) is 17.7 Å². The molecule has 4 nitrogen and oxygen atoms in total. The topological polar surface area (TPSA) is 60.9 Å². The Labute approximate surface area is 77.7 Å². The van der Waals surface area contributed by atoms with Gasteiger partial charge < -0.3 is 5.73 Å². The average Bonchev–Trinajstić information content (AvgIpc) is 2.49. The molecule has 72 valence electrons. The van der Waals surface area contributed by atoms with E-state index in [9.17, 15) is 4.79 Å². The molecule has 0 saturated carbocycles. The molecule has 1 aromatic rings. The van der Waals surface area contributed by atoms with E-state index >= 15 is 0 Å². The largest absolute Gasteiger partial charge is 0.327 e. The van der Waals surface area contributed by atoms with Crippen molar-refractivity contribution in [3.8, 4) is 0 Å². The van der Waals surface area contributed by atoms with E-state index in [0.29, 0.717) is 5.56 Å². The van der Waals surface area contributed by atoms with Gasteiger partial charge in [-0.1, -0.05) is 6.92 Å². The second-order valence-corrected chi connectivity index (χ2v) is 3.41. The molecule has 0 aliphatic heterocycles. The number of hydrogen-bond acceptors (Lipinski definition) is 3. The number of ketones is 1. The van der Waals surface area contributed by atoms with E-state index in [4.69, 9.17) is 5.73 Å². The molecule has 1 rings (SSSR count). The Morgan fingerprint density at radius 3 is 2.62 bits per heavy atom. The first kappa shape index (κ1) is 9.92. The van der Waals surface area contributed by atoms with Crippen LogP contribution in [0.3, 0.4) is 0 Å². The zero-order chi connectivity index (χ0) is 10.0. The predicted octanol–water partition coefficient (Wildman–Crippen LogP) is 0.586. The highest BCUT2D eigenvalue weighted by atomic mass is 16.1. The van der Waals surface area contributed by atoms with Gasteiger partial charge >= 0.3 is 0 Å². The van der Waals surface area contributed by atoms with Crippen molar-refractivity contribution in [2.45, 2.75) is 19.9 Å². The van der Waals surface area contributed by atoms with Gasteiger partial charge in [0, 0.05) is 25.2 Å². The Bertz CT molecular complexity index is 304. The van der Waals surface area contributed by atoms with E-state index < -0.39 is 0 Å². The number of carbonyl (C=O) groups is 1. The van der Waals surface area contributed by atoms with Crippen molar-refractivity contribution in [1.29, 1.82) is 0 Å². The molecule has 2 N–H and O–H groups in total. The van der Waals surface area contributed by atoms with Gasteiger partial charge in [0.25, 0.3) is 0 Å². The Balaban J connectivity index is 2.79.